The van der Waals surface area contributed by atoms with Crippen molar-refractivity contribution in [3.05, 3.63) is 76.3 Å². The van der Waals surface area contributed by atoms with Crippen LogP contribution in [-0.2, 0) is 15.8 Å². The van der Waals surface area contributed by atoms with Gasteiger partial charge in [0.2, 0.25) is 11.8 Å². The van der Waals surface area contributed by atoms with Crippen LogP contribution in [0.25, 0.3) is 11.3 Å². The Morgan fingerprint density at radius 1 is 1.13 bits per heavy atom. The van der Waals surface area contributed by atoms with E-state index < -0.39 is 41.5 Å². The van der Waals surface area contributed by atoms with E-state index in [-0.39, 0.29) is 23.0 Å². The average Bonchev–Trinajstić information content (AvgIpc) is 3.52. The van der Waals surface area contributed by atoms with Crippen molar-refractivity contribution in [1.82, 2.24) is 19.9 Å². The summed E-state index contributed by atoms with van der Waals surface area (Å²) in [6.45, 7) is 0. The Bertz CT molecular complexity index is 1540. The second kappa shape index (κ2) is 9.80. The third kappa shape index (κ3) is 5.09. The molecule has 2 aromatic carbocycles. The van der Waals surface area contributed by atoms with Crippen molar-refractivity contribution in [3.8, 4) is 5.69 Å². The van der Waals surface area contributed by atoms with Crippen LogP contribution in [0.15, 0.2) is 48.7 Å². The van der Waals surface area contributed by atoms with Crippen LogP contribution in [0.1, 0.15) is 40.9 Å². The van der Waals surface area contributed by atoms with E-state index in [0.29, 0.717) is 35.4 Å². The zero-order valence-electron chi connectivity index (χ0n) is 19.9. The number of anilines is 1. The Morgan fingerprint density at radius 3 is 2.56 bits per heavy atom. The molecule has 2 atom stereocenters. The number of carbonyl (C=O) groups is 3. The van der Waals surface area contributed by atoms with Gasteiger partial charge in [-0.2, -0.15) is 13.2 Å². The molecule has 0 radical (unpaired) electrons. The first-order valence-electron chi connectivity index (χ1n) is 11.7. The molecule has 3 amide bonds. The van der Waals surface area contributed by atoms with Crippen molar-refractivity contribution in [2.75, 3.05) is 5.32 Å². The van der Waals surface area contributed by atoms with Crippen molar-refractivity contribution < 1.29 is 31.9 Å². The Labute approximate surface area is 223 Å². The minimum absolute atomic E-state index is 0.0984. The molecule has 1 saturated heterocycles. The molecule has 0 aliphatic carbocycles. The van der Waals surface area contributed by atoms with E-state index in [2.05, 4.69) is 15.6 Å². The molecule has 9 nitrogen and oxygen atoms in total. The molecule has 202 valence electrons. The summed E-state index contributed by atoms with van der Waals surface area (Å²) in [5.74, 6) is -2.83. The molecular weight excluding hydrogens is 544 g/mol. The fraction of sp³-hybridized carbons (Fsp3) is 0.240. The topological polar surface area (TPSA) is 123 Å². The number of nitrogens with one attached hydrogen (secondary N) is 1. The molecule has 3 heterocycles. The van der Waals surface area contributed by atoms with Crippen LogP contribution in [0, 0.1) is 5.82 Å². The van der Waals surface area contributed by atoms with Gasteiger partial charge in [-0.3, -0.25) is 14.4 Å². The molecule has 2 aliphatic rings. The Balaban J connectivity index is 1.39. The fourth-order valence-corrected chi connectivity index (χ4v) is 5.07. The largest absolute Gasteiger partial charge is 0.436 e. The smallest absolute Gasteiger partial charge is 0.366 e. The molecule has 14 heteroatoms. The predicted octanol–water partition coefficient (Wildman–Crippen LogP) is 3.96. The zero-order chi connectivity index (χ0) is 28.1. The average molecular weight is 563 g/mol. The van der Waals surface area contributed by atoms with E-state index in [1.165, 1.54) is 35.2 Å². The van der Waals surface area contributed by atoms with Gasteiger partial charge in [0.05, 0.1) is 17.4 Å². The van der Waals surface area contributed by atoms with Crippen LogP contribution in [0.3, 0.4) is 0 Å². The van der Waals surface area contributed by atoms with Crippen molar-refractivity contribution in [1.29, 1.82) is 0 Å². The molecule has 2 aliphatic heterocycles. The van der Waals surface area contributed by atoms with Gasteiger partial charge in [-0.1, -0.05) is 16.8 Å². The monoisotopic (exact) mass is 562 g/mol. The van der Waals surface area contributed by atoms with Gasteiger partial charge in [-0.05, 0) is 61.2 Å². The Kier molecular flexibility index (Phi) is 6.62. The number of halogens is 5. The van der Waals surface area contributed by atoms with Crippen LogP contribution in [0.4, 0.5) is 23.2 Å². The summed E-state index contributed by atoms with van der Waals surface area (Å²) < 4.78 is 54.3. The minimum Gasteiger partial charge on any atom is -0.366 e. The highest BCUT2D eigenvalue weighted by molar-refractivity contribution is 6.30. The van der Waals surface area contributed by atoms with Gasteiger partial charge in [0.15, 0.2) is 5.69 Å². The van der Waals surface area contributed by atoms with Gasteiger partial charge in [-0.15, -0.1) is 5.10 Å². The van der Waals surface area contributed by atoms with Crippen molar-refractivity contribution >= 4 is 40.6 Å². The van der Waals surface area contributed by atoms with E-state index in [1.54, 1.807) is 0 Å². The lowest BCUT2D eigenvalue weighted by molar-refractivity contribution is -0.141. The lowest BCUT2D eigenvalue weighted by Crippen LogP contribution is -2.48. The van der Waals surface area contributed by atoms with Gasteiger partial charge >= 0.3 is 6.18 Å². The normalized spacial score (nSPS) is 19.1. The Hall–Kier alpha value is -4.26. The molecule has 39 heavy (non-hydrogen) atoms. The third-order valence-electron chi connectivity index (χ3n) is 6.65. The van der Waals surface area contributed by atoms with E-state index in [0.717, 1.165) is 23.0 Å². The van der Waals surface area contributed by atoms with Crippen molar-refractivity contribution in [3.63, 3.8) is 0 Å². The first-order chi connectivity index (χ1) is 18.4. The van der Waals surface area contributed by atoms with E-state index in [9.17, 15) is 31.9 Å². The van der Waals surface area contributed by atoms with Gasteiger partial charge in [0.25, 0.3) is 5.91 Å². The molecule has 1 aromatic heterocycles. The molecule has 0 saturated carbocycles. The Morgan fingerprint density at radius 2 is 1.90 bits per heavy atom. The number of alkyl halides is 3. The SMILES string of the molecule is NC(=O)c1ccc(NC(=O)C2CCC3CC(c4cc(Cl)ccc4-n4cc(C(F)(F)F)nn4)=CC(=O)N32)cc1F. The molecule has 0 spiro atoms. The maximum atomic E-state index is 14.1. The highest BCUT2D eigenvalue weighted by Crippen LogP contribution is 2.39. The van der Waals surface area contributed by atoms with Crippen LogP contribution < -0.4 is 11.1 Å². The number of carbonyl (C=O) groups excluding carboxylic acids is 3. The van der Waals surface area contributed by atoms with Crippen LogP contribution in [-0.4, -0.2) is 49.7 Å². The maximum Gasteiger partial charge on any atom is 0.436 e. The molecule has 0 bridgehead atoms. The summed E-state index contributed by atoms with van der Waals surface area (Å²) in [7, 11) is 0. The summed E-state index contributed by atoms with van der Waals surface area (Å²) in [6.07, 6.45) is -1.48. The van der Waals surface area contributed by atoms with Gasteiger partial charge in [-0.25, -0.2) is 9.07 Å². The highest BCUT2D eigenvalue weighted by Gasteiger charge is 2.43. The van der Waals surface area contributed by atoms with Crippen LogP contribution in [0.2, 0.25) is 5.02 Å². The number of hydrogen-bond acceptors (Lipinski definition) is 5. The summed E-state index contributed by atoms with van der Waals surface area (Å²) in [5.41, 5.74) is 4.89. The number of fused-ring (bicyclic) bond motifs is 1. The second-order valence-corrected chi connectivity index (χ2v) is 9.56. The number of nitrogens with two attached hydrogens (primary N) is 1. The fourth-order valence-electron chi connectivity index (χ4n) is 4.89. The number of nitrogens with zero attached hydrogens (tertiary/aromatic N) is 4. The molecule has 3 N–H and O–H groups in total. The van der Waals surface area contributed by atoms with Crippen molar-refractivity contribution in [2.45, 2.75) is 37.5 Å². The number of hydrogen-bond donors (Lipinski definition) is 2. The van der Waals surface area contributed by atoms with E-state index in [1.807, 2.05) is 0 Å². The third-order valence-corrected chi connectivity index (χ3v) is 6.89. The molecule has 5 rings (SSSR count). The first kappa shape index (κ1) is 26.4. The number of aromatic nitrogens is 3. The lowest BCUT2D eigenvalue weighted by atomic mass is 9.92. The summed E-state index contributed by atoms with van der Waals surface area (Å²) in [6, 6.07) is 6.76. The summed E-state index contributed by atoms with van der Waals surface area (Å²) in [5, 5.41) is 9.66. The van der Waals surface area contributed by atoms with E-state index in [4.69, 9.17) is 17.3 Å². The summed E-state index contributed by atoms with van der Waals surface area (Å²) >= 11 is 6.18. The van der Waals surface area contributed by atoms with Gasteiger partial charge < -0.3 is 16.0 Å². The zero-order valence-corrected chi connectivity index (χ0v) is 20.6. The van der Waals surface area contributed by atoms with Crippen LogP contribution >= 0.6 is 11.6 Å². The van der Waals surface area contributed by atoms with Crippen molar-refractivity contribution in [2.24, 2.45) is 5.73 Å². The maximum absolute atomic E-state index is 14.1. The van der Waals surface area contributed by atoms with Gasteiger partial charge in [0, 0.05) is 28.4 Å². The molecule has 1 fully saturated rings. The van der Waals surface area contributed by atoms with Gasteiger partial charge in [0.1, 0.15) is 11.9 Å². The number of primary amides is 1. The molecule has 3 aromatic rings. The number of amides is 3. The summed E-state index contributed by atoms with van der Waals surface area (Å²) in [4.78, 5) is 38.9. The quantitative estimate of drug-likeness (QED) is 0.456. The molecular formula is C25H19ClF4N6O3. The van der Waals surface area contributed by atoms with Crippen LogP contribution in [0.5, 0.6) is 0 Å². The first-order valence-corrected chi connectivity index (χ1v) is 12.0. The standard InChI is InChI=1S/C25H19ClF4N6O3/c26-13-1-5-19(35-11-21(33-34-35)25(28,29)30)17(9-13)12-7-15-3-6-20(36(15)22(37)8-12)24(39)32-14-2-4-16(23(31)38)18(27)10-14/h1-2,4-5,8-11,15,20H,3,6-7H2,(H2,31,38)(H,32,39). The lowest BCUT2D eigenvalue weighted by Gasteiger charge is -2.33. The second-order valence-electron chi connectivity index (χ2n) is 9.12. The highest BCUT2D eigenvalue weighted by atomic mass is 35.5. The predicted molar refractivity (Wildman–Crippen MR) is 131 cm³/mol. The number of rotatable bonds is 5. The number of benzene rings is 2. The molecule has 2 unspecified atom stereocenters. The minimum atomic E-state index is -4.68. The van der Waals surface area contributed by atoms with E-state index >= 15 is 0 Å².